The molecular weight excluding hydrogens is 743 g/mol. The van der Waals surface area contributed by atoms with Gasteiger partial charge in [0.15, 0.2) is 29.9 Å². The minimum absolute atomic E-state index is 0.00306. The lowest BCUT2D eigenvalue weighted by atomic mass is 9.83. The van der Waals surface area contributed by atoms with Crippen LogP contribution in [0, 0.1) is 17.0 Å². The molecule has 3 atom stereocenters. The molecule has 1 saturated carbocycles. The van der Waals surface area contributed by atoms with Gasteiger partial charge in [-0.3, -0.25) is 4.90 Å². The van der Waals surface area contributed by atoms with Crippen molar-refractivity contribution < 1.29 is 42.4 Å². The maximum Gasteiger partial charge on any atom is 0.387 e. The number of pyridine rings is 1. The van der Waals surface area contributed by atoms with E-state index in [1.54, 1.807) is 24.3 Å². The summed E-state index contributed by atoms with van der Waals surface area (Å²) in [6, 6.07) is 17.3. The Morgan fingerprint density at radius 2 is 1.67 bits per heavy atom. The molecule has 284 valence electrons. The van der Waals surface area contributed by atoms with Crippen LogP contribution in [0.5, 0.6) is 11.5 Å². The highest BCUT2D eigenvalue weighted by atomic mass is 35.5. The minimum Gasteiger partial charge on any atom is -0.619 e. The summed E-state index contributed by atoms with van der Waals surface area (Å²) in [4.78, 5) is 29.1. The molecule has 1 unspecified atom stereocenters. The number of hydrogen-bond acceptors (Lipinski definition) is 8. The van der Waals surface area contributed by atoms with Gasteiger partial charge in [-0.1, -0.05) is 59.6 Å². The number of carboxylic acid groups (broad SMARTS) is 1. The average Bonchev–Trinajstić information content (AvgIpc) is 3.98. The van der Waals surface area contributed by atoms with Gasteiger partial charge in [0.1, 0.15) is 16.1 Å². The van der Waals surface area contributed by atoms with Crippen LogP contribution >= 0.6 is 23.2 Å². The number of carbonyl (C=O) groups is 2. The quantitative estimate of drug-likeness (QED) is 0.0705. The highest BCUT2D eigenvalue weighted by Crippen LogP contribution is 2.41. The number of alkyl halides is 2. The number of aromatic carboxylic acids is 1. The van der Waals surface area contributed by atoms with Gasteiger partial charge in [-0.25, -0.2) is 9.59 Å². The molecule has 4 fully saturated rings. The van der Waals surface area contributed by atoms with Crippen molar-refractivity contribution in [2.75, 3.05) is 31.6 Å². The average molecular weight is 783 g/mol. The van der Waals surface area contributed by atoms with Crippen LogP contribution in [0.25, 0.3) is 0 Å². The number of aromatic nitrogens is 1. The highest BCUT2D eigenvalue weighted by Gasteiger charge is 2.38. The van der Waals surface area contributed by atoms with E-state index in [9.17, 15) is 28.7 Å². The molecular formula is C40H39Cl2F2N3O7. The van der Waals surface area contributed by atoms with E-state index in [4.69, 9.17) is 37.4 Å². The Morgan fingerprint density at radius 3 is 2.30 bits per heavy atom. The molecule has 3 aromatic carbocycles. The van der Waals surface area contributed by atoms with Crippen molar-refractivity contribution in [1.82, 2.24) is 4.90 Å². The summed E-state index contributed by atoms with van der Waals surface area (Å²) < 4.78 is 44.3. The number of rotatable bonds is 15. The molecule has 4 aromatic rings. The molecule has 0 spiro atoms. The normalized spacial score (nSPS) is 20.3. The zero-order valence-corrected chi connectivity index (χ0v) is 30.6. The van der Waals surface area contributed by atoms with Crippen molar-refractivity contribution >= 4 is 40.8 Å². The van der Waals surface area contributed by atoms with Crippen LogP contribution in [0.4, 0.5) is 14.5 Å². The van der Waals surface area contributed by atoms with Gasteiger partial charge in [0.25, 0.3) is 0 Å². The first-order valence-corrected chi connectivity index (χ1v) is 18.7. The molecule has 54 heavy (non-hydrogen) atoms. The van der Waals surface area contributed by atoms with E-state index in [2.05, 4.69) is 10.2 Å². The van der Waals surface area contributed by atoms with Gasteiger partial charge < -0.3 is 29.8 Å². The number of hydrogen-bond donors (Lipinski definition) is 2. The third-order valence-corrected chi connectivity index (χ3v) is 11.1. The largest absolute Gasteiger partial charge is 0.619 e. The lowest BCUT2D eigenvalue weighted by Crippen LogP contribution is -2.52. The van der Waals surface area contributed by atoms with Crippen LogP contribution in [0.3, 0.4) is 0 Å². The Labute approximate surface area is 321 Å². The summed E-state index contributed by atoms with van der Waals surface area (Å²) in [6.07, 6.45) is 5.90. The van der Waals surface area contributed by atoms with Gasteiger partial charge in [-0.15, -0.1) is 0 Å². The van der Waals surface area contributed by atoms with E-state index >= 15 is 0 Å². The Hall–Kier alpha value is -4.65. The number of esters is 1. The third kappa shape index (κ3) is 8.83. The van der Waals surface area contributed by atoms with Crippen molar-refractivity contribution in [2.24, 2.45) is 11.8 Å². The molecule has 0 amide bonds. The smallest absolute Gasteiger partial charge is 0.387 e. The Kier molecular flexibility index (Phi) is 11.4. The number of carboxylic acids is 1. The predicted molar refractivity (Wildman–Crippen MR) is 198 cm³/mol. The topological polar surface area (TPSA) is 124 Å². The first-order valence-electron chi connectivity index (χ1n) is 17.9. The van der Waals surface area contributed by atoms with Gasteiger partial charge in [-0.05, 0) is 104 Å². The van der Waals surface area contributed by atoms with Gasteiger partial charge in [-0.2, -0.15) is 13.5 Å². The molecule has 10 nitrogen and oxygen atoms in total. The second-order valence-corrected chi connectivity index (χ2v) is 14.9. The maximum atomic E-state index is 14.0. The Bertz CT molecular complexity index is 1970. The number of piperidine rings is 3. The maximum absolute atomic E-state index is 14.0. The molecule has 0 radical (unpaired) electrons. The van der Waals surface area contributed by atoms with Crippen molar-refractivity contribution in [1.29, 1.82) is 0 Å². The Balaban J connectivity index is 1.29. The van der Waals surface area contributed by atoms with Crippen LogP contribution in [0.1, 0.15) is 70.3 Å². The van der Waals surface area contributed by atoms with Crippen LogP contribution in [-0.2, 0) is 16.0 Å². The van der Waals surface area contributed by atoms with Crippen molar-refractivity contribution in [3.8, 4) is 11.5 Å². The van der Waals surface area contributed by atoms with Gasteiger partial charge >= 0.3 is 18.6 Å². The van der Waals surface area contributed by atoms with E-state index in [1.807, 2.05) is 30.3 Å². The molecule has 3 saturated heterocycles. The minimum atomic E-state index is -3.10. The van der Waals surface area contributed by atoms with Crippen LogP contribution in [0.15, 0.2) is 79.1 Å². The number of nitrogens with zero attached hydrogens (tertiary/aromatic N) is 2. The van der Waals surface area contributed by atoms with E-state index in [-0.39, 0.29) is 39.6 Å². The van der Waals surface area contributed by atoms with E-state index in [0.717, 1.165) is 51.2 Å². The van der Waals surface area contributed by atoms with Crippen LogP contribution in [0.2, 0.25) is 10.0 Å². The van der Waals surface area contributed by atoms with Crippen molar-refractivity contribution in [2.45, 2.75) is 56.8 Å². The Morgan fingerprint density at radius 1 is 0.944 bits per heavy atom. The number of nitrogens with one attached hydrogen (secondary N) is 1. The first-order chi connectivity index (χ1) is 26.0. The number of carbonyl (C=O) groups excluding carboxylic acids is 1. The summed E-state index contributed by atoms with van der Waals surface area (Å²) in [5.41, 5.74) is 2.16. The molecule has 1 aromatic heterocycles. The fraction of sp³-hybridized carbons (Fsp3) is 0.375. The molecule has 2 N–H and O–H groups in total. The number of ether oxygens (including phenoxy) is 3. The number of anilines is 1. The molecule has 4 heterocycles. The standard InChI is InChI=1S/C40H39Cl2F2N3O7/c41-32-19-47(51)20-33(42)31(32)18-29(26-8-11-34(54-40(43)44)35(16-26)52-22-23-6-7-23)30-17-27(9-10-28(30)38(48)49)45-37(25-4-2-1-3-5-25)39(50)53-36-21-46-14-12-24(36)13-15-46/h1-5,8-11,16-17,19-20,23-24,29,36-37,40,45H,6-7,12-15,18,21-22H2,(H,48,49)/t29-,36-,37?/m0/s1. The predicted octanol–water partition coefficient (Wildman–Crippen LogP) is 7.88. The monoisotopic (exact) mass is 781 g/mol. The highest BCUT2D eigenvalue weighted by molar-refractivity contribution is 6.35. The molecule has 8 rings (SSSR count). The number of fused-ring (bicyclic) bond motifs is 3. The molecule has 1 aliphatic carbocycles. The molecule has 2 bridgehead atoms. The van der Waals surface area contributed by atoms with Crippen molar-refractivity contribution in [3.63, 3.8) is 0 Å². The SMILES string of the molecule is O=C(O)c1ccc(NC(C(=O)O[C@H]2CN3CCC2CC3)c2ccccc2)cc1[C@@H](Cc1c(Cl)c[n+]([O-])cc1Cl)c1ccc(OC(F)F)c(OCC2CC2)c1. The van der Waals surface area contributed by atoms with Gasteiger partial charge in [0.2, 0.25) is 0 Å². The zero-order chi connectivity index (χ0) is 37.9. The van der Waals surface area contributed by atoms with Gasteiger partial charge in [0, 0.05) is 23.7 Å². The van der Waals surface area contributed by atoms with Gasteiger partial charge in [0.05, 0.1) is 12.2 Å². The number of halogens is 4. The molecule has 3 aliphatic heterocycles. The second-order valence-electron chi connectivity index (χ2n) is 14.1. The molecule has 14 heteroatoms. The zero-order valence-electron chi connectivity index (χ0n) is 29.1. The van der Waals surface area contributed by atoms with E-state index in [1.165, 1.54) is 12.1 Å². The van der Waals surface area contributed by atoms with E-state index < -0.39 is 30.5 Å². The van der Waals surface area contributed by atoms with Crippen molar-refractivity contribution in [3.05, 3.63) is 122 Å². The fourth-order valence-electron chi connectivity index (χ4n) is 7.36. The lowest BCUT2D eigenvalue weighted by Gasteiger charge is -2.44. The summed E-state index contributed by atoms with van der Waals surface area (Å²) in [5, 5.41) is 26.0. The van der Waals surface area contributed by atoms with E-state index in [0.29, 0.717) is 57.7 Å². The second kappa shape index (κ2) is 16.4. The third-order valence-electron chi connectivity index (χ3n) is 10.4. The first kappa shape index (κ1) is 37.7. The number of benzene rings is 3. The summed E-state index contributed by atoms with van der Waals surface area (Å²) in [6.45, 7) is -0.144. The van der Waals surface area contributed by atoms with Crippen LogP contribution < -0.4 is 19.5 Å². The summed E-state index contributed by atoms with van der Waals surface area (Å²) >= 11 is 13.1. The molecule has 4 aliphatic rings. The summed E-state index contributed by atoms with van der Waals surface area (Å²) in [7, 11) is 0. The van der Waals surface area contributed by atoms with Crippen LogP contribution in [-0.4, -0.2) is 60.9 Å². The fourth-order valence-corrected chi connectivity index (χ4v) is 7.96. The lowest BCUT2D eigenvalue weighted by molar-refractivity contribution is -0.605. The summed E-state index contributed by atoms with van der Waals surface area (Å²) in [5.74, 6) is -2.03.